The van der Waals surface area contributed by atoms with Crippen molar-refractivity contribution in [1.29, 1.82) is 0 Å². The molecule has 0 bridgehead atoms. The highest BCUT2D eigenvalue weighted by molar-refractivity contribution is 7.99. The Morgan fingerprint density at radius 1 is 1.61 bits per heavy atom. The van der Waals surface area contributed by atoms with E-state index in [0.717, 1.165) is 18.0 Å². The van der Waals surface area contributed by atoms with Crippen LogP contribution < -0.4 is 5.73 Å². The fraction of sp³-hybridized carbons (Fsp3) is 0.800. The number of oxime groups is 1. The molecule has 1 atom stereocenters. The summed E-state index contributed by atoms with van der Waals surface area (Å²) in [7, 11) is 0. The van der Waals surface area contributed by atoms with Crippen LogP contribution in [0, 0.1) is 0 Å². The van der Waals surface area contributed by atoms with E-state index in [1.807, 2.05) is 11.6 Å². The standard InChI is InChI=1S/C10H18N6OS/c1-7(6-9(11)13-17)18-10-12-14-15-16(10)8-4-2-3-5-8/h7-8,17H,2-6H2,1H3,(H2,11,13). The Bertz CT molecular complexity index is 414. The number of amidine groups is 1. The molecule has 100 valence electrons. The molecule has 1 aliphatic rings. The van der Waals surface area contributed by atoms with E-state index in [2.05, 4.69) is 20.7 Å². The lowest BCUT2D eigenvalue weighted by atomic mass is 10.3. The molecule has 1 aromatic heterocycles. The number of tetrazole rings is 1. The summed E-state index contributed by atoms with van der Waals surface area (Å²) in [4.78, 5) is 0. The molecular formula is C10H18N6OS. The van der Waals surface area contributed by atoms with Crippen molar-refractivity contribution >= 4 is 17.6 Å². The van der Waals surface area contributed by atoms with Crippen LogP contribution in [0.5, 0.6) is 0 Å². The molecule has 0 radical (unpaired) electrons. The zero-order chi connectivity index (χ0) is 13.0. The van der Waals surface area contributed by atoms with Gasteiger partial charge in [0.25, 0.3) is 0 Å². The second-order valence-corrected chi connectivity index (χ2v) is 5.97. The third kappa shape index (κ3) is 3.12. The number of hydrogen-bond acceptors (Lipinski definition) is 6. The highest BCUT2D eigenvalue weighted by Gasteiger charge is 2.22. The topological polar surface area (TPSA) is 102 Å². The van der Waals surface area contributed by atoms with Crippen molar-refractivity contribution in [2.75, 3.05) is 0 Å². The molecule has 2 rings (SSSR count). The Hall–Kier alpha value is -1.31. The second-order valence-electron chi connectivity index (χ2n) is 4.57. The third-order valence-electron chi connectivity index (χ3n) is 3.06. The molecule has 1 heterocycles. The summed E-state index contributed by atoms with van der Waals surface area (Å²) in [5.74, 6) is 0.231. The first-order valence-electron chi connectivity index (χ1n) is 6.11. The largest absolute Gasteiger partial charge is 0.409 e. The maximum Gasteiger partial charge on any atom is 0.209 e. The molecule has 1 aliphatic carbocycles. The monoisotopic (exact) mass is 270 g/mol. The molecule has 1 saturated carbocycles. The van der Waals surface area contributed by atoms with Gasteiger partial charge in [0.1, 0.15) is 5.84 Å². The summed E-state index contributed by atoms with van der Waals surface area (Å²) < 4.78 is 1.92. The maximum atomic E-state index is 8.55. The van der Waals surface area contributed by atoms with E-state index in [-0.39, 0.29) is 11.1 Å². The number of hydrogen-bond donors (Lipinski definition) is 2. The van der Waals surface area contributed by atoms with Crippen LogP contribution in [0.1, 0.15) is 45.1 Å². The predicted molar refractivity (Wildman–Crippen MR) is 68.7 cm³/mol. The first-order valence-corrected chi connectivity index (χ1v) is 6.99. The average Bonchev–Trinajstić information content (AvgIpc) is 2.98. The van der Waals surface area contributed by atoms with Crippen molar-refractivity contribution in [3.63, 3.8) is 0 Å². The van der Waals surface area contributed by atoms with Gasteiger partial charge in [-0.25, -0.2) is 4.68 Å². The van der Waals surface area contributed by atoms with Gasteiger partial charge in [0, 0.05) is 11.7 Å². The molecule has 3 N–H and O–H groups in total. The van der Waals surface area contributed by atoms with E-state index in [0.29, 0.717) is 12.5 Å². The van der Waals surface area contributed by atoms with E-state index in [1.165, 1.54) is 12.8 Å². The third-order valence-corrected chi connectivity index (χ3v) is 4.11. The minimum Gasteiger partial charge on any atom is -0.409 e. The summed E-state index contributed by atoms with van der Waals surface area (Å²) in [5.41, 5.74) is 5.49. The number of thioether (sulfide) groups is 1. The van der Waals surface area contributed by atoms with E-state index in [4.69, 9.17) is 10.9 Å². The molecule has 0 aromatic carbocycles. The van der Waals surface area contributed by atoms with E-state index < -0.39 is 0 Å². The predicted octanol–water partition coefficient (Wildman–Crippen LogP) is 1.41. The van der Waals surface area contributed by atoms with Gasteiger partial charge in [-0.15, -0.1) is 5.10 Å². The zero-order valence-electron chi connectivity index (χ0n) is 10.4. The van der Waals surface area contributed by atoms with Crippen molar-refractivity contribution in [2.45, 2.75) is 55.5 Å². The molecule has 7 nitrogen and oxygen atoms in total. The van der Waals surface area contributed by atoms with Crippen molar-refractivity contribution in [3.05, 3.63) is 0 Å². The lowest BCUT2D eigenvalue weighted by Gasteiger charge is -2.13. The first kappa shape index (κ1) is 13.1. The number of rotatable bonds is 5. The van der Waals surface area contributed by atoms with Crippen LogP contribution in [-0.2, 0) is 0 Å². The summed E-state index contributed by atoms with van der Waals surface area (Å²) in [5, 5.41) is 24.4. The normalized spacial score (nSPS) is 19.3. The van der Waals surface area contributed by atoms with Crippen LogP contribution >= 0.6 is 11.8 Å². The van der Waals surface area contributed by atoms with Crippen LogP contribution in [0.25, 0.3) is 0 Å². The van der Waals surface area contributed by atoms with Gasteiger partial charge < -0.3 is 10.9 Å². The highest BCUT2D eigenvalue weighted by atomic mass is 32.2. The molecular weight excluding hydrogens is 252 g/mol. The molecule has 0 aliphatic heterocycles. The van der Waals surface area contributed by atoms with Gasteiger partial charge in [-0.05, 0) is 23.3 Å². The van der Waals surface area contributed by atoms with Crippen molar-refractivity contribution in [2.24, 2.45) is 10.9 Å². The summed E-state index contributed by atoms with van der Waals surface area (Å²) in [6, 6.07) is 0.429. The molecule has 0 amide bonds. The lowest BCUT2D eigenvalue weighted by Crippen LogP contribution is -2.17. The van der Waals surface area contributed by atoms with Gasteiger partial charge in [0.2, 0.25) is 5.16 Å². The minimum atomic E-state index is 0.173. The molecule has 1 unspecified atom stereocenters. The van der Waals surface area contributed by atoms with Gasteiger partial charge in [0.15, 0.2) is 0 Å². The van der Waals surface area contributed by atoms with E-state index in [1.54, 1.807) is 11.8 Å². The average molecular weight is 270 g/mol. The van der Waals surface area contributed by atoms with E-state index >= 15 is 0 Å². The van der Waals surface area contributed by atoms with Crippen LogP contribution in [0.4, 0.5) is 0 Å². The van der Waals surface area contributed by atoms with Crippen molar-refractivity contribution in [1.82, 2.24) is 20.2 Å². The summed E-state index contributed by atoms with van der Waals surface area (Å²) in [6.45, 7) is 2.01. The summed E-state index contributed by atoms with van der Waals surface area (Å²) in [6.07, 6.45) is 5.29. The van der Waals surface area contributed by atoms with Crippen molar-refractivity contribution < 1.29 is 5.21 Å². The van der Waals surface area contributed by atoms with Gasteiger partial charge in [-0.1, -0.05) is 36.7 Å². The quantitative estimate of drug-likeness (QED) is 0.276. The first-order chi connectivity index (χ1) is 8.70. The Labute approximate surface area is 110 Å². The Morgan fingerprint density at radius 3 is 3.00 bits per heavy atom. The lowest BCUT2D eigenvalue weighted by molar-refractivity contribution is 0.317. The fourth-order valence-electron chi connectivity index (χ4n) is 2.20. The van der Waals surface area contributed by atoms with Crippen LogP contribution in [0.15, 0.2) is 10.3 Å². The molecule has 1 aromatic rings. The van der Waals surface area contributed by atoms with Gasteiger partial charge in [0.05, 0.1) is 6.04 Å². The maximum absolute atomic E-state index is 8.55. The van der Waals surface area contributed by atoms with Crippen LogP contribution in [0.3, 0.4) is 0 Å². The van der Waals surface area contributed by atoms with Gasteiger partial charge >= 0.3 is 0 Å². The summed E-state index contributed by atoms with van der Waals surface area (Å²) >= 11 is 1.56. The fourth-order valence-corrected chi connectivity index (χ4v) is 3.19. The zero-order valence-corrected chi connectivity index (χ0v) is 11.2. The molecule has 1 fully saturated rings. The number of nitrogens with two attached hydrogens (primary N) is 1. The minimum absolute atomic E-state index is 0.173. The van der Waals surface area contributed by atoms with Crippen molar-refractivity contribution in [3.8, 4) is 0 Å². The molecule has 0 spiro atoms. The number of nitrogens with zero attached hydrogens (tertiary/aromatic N) is 5. The highest BCUT2D eigenvalue weighted by Crippen LogP contribution is 2.32. The van der Waals surface area contributed by atoms with Crippen LogP contribution in [-0.4, -0.2) is 36.5 Å². The molecule has 8 heteroatoms. The molecule has 0 saturated heterocycles. The van der Waals surface area contributed by atoms with Gasteiger partial charge in [-0.3, -0.25) is 0 Å². The second kappa shape index (κ2) is 6.03. The molecule has 18 heavy (non-hydrogen) atoms. The van der Waals surface area contributed by atoms with Gasteiger partial charge in [-0.2, -0.15) is 0 Å². The number of aromatic nitrogens is 4. The van der Waals surface area contributed by atoms with E-state index in [9.17, 15) is 0 Å². The Kier molecular flexibility index (Phi) is 4.40. The Morgan fingerprint density at radius 2 is 2.33 bits per heavy atom. The Balaban J connectivity index is 1.98. The SMILES string of the molecule is CC(CC(N)=NO)Sc1nnnn1C1CCCC1. The van der Waals surface area contributed by atoms with Crippen LogP contribution in [0.2, 0.25) is 0 Å². The smallest absolute Gasteiger partial charge is 0.209 e.